The van der Waals surface area contributed by atoms with Crippen LogP contribution in [0.1, 0.15) is 15.9 Å². The van der Waals surface area contributed by atoms with Gasteiger partial charge in [-0.05, 0) is 30.7 Å². The van der Waals surface area contributed by atoms with E-state index in [0.717, 1.165) is 5.56 Å². The van der Waals surface area contributed by atoms with Gasteiger partial charge in [0.1, 0.15) is 0 Å². The summed E-state index contributed by atoms with van der Waals surface area (Å²) in [6, 6.07) is 4.79. The van der Waals surface area contributed by atoms with E-state index >= 15 is 0 Å². The molecule has 0 heterocycles. The minimum atomic E-state index is -1.61. The van der Waals surface area contributed by atoms with Gasteiger partial charge >= 0.3 is 5.97 Å². The second-order valence-electron chi connectivity index (χ2n) is 3.58. The maximum absolute atomic E-state index is 11.6. The molecular formula is C11H12ClNO4. The molecule has 0 saturated carbocycles. The number of amides is 1. The molecule has 5 nitrogen and oxygen atoms in total. The Labute approximate surface area is 103 Å². The van der Waals surface area contributed by atoms with Crippen LogP contribution in [0.15, 0.2) is 18.2 Å². The molecule has 1 rings (SSSR count). The lowest BCUT2D eigenvalue weighted by Crippen LogP contribution is -2.36. The molecule has 0 fully saturated rings. The maximum Gasteiger partial charge on any atom is 0.334 e. The number of hydrogen-bond acceptors (Lipinski definition) is 3. The van der Waals surface area contributed by atoms with Gasteiger partial charge in [-0.2, -0.15) is 0 Å². The third kappa shape index (κ3) is 4.05. The standard InChI is InChI=1S/C11H12ClNO4/c1-6-2-7(4-8(12)3-6)10(15)13-5-9(14)11(16)17/h2-4,9,14H,5H2,1H3,(H,13,15)(H,16,17)/t9-/m0/s1. The number of halogens is 1. The molecule has 92 valence electrons. The topological polar surface area (TPSA) is 86.6 Å². The van der Waals surface area contributed by atoms with Crippen LogP contribution in [0.4, 0.5) is 0 Å². The van der Waals surface area contributed by atoms with E-state index in [1.807, 2.05) is 0 Å². The molecule has 1 aromatic carbocycles. The fourth-order valence-electron chi connectivity index (χ4n) is 1.25. The molecule has 0 radical (unpaired) electrons. The molecule has 1 atom stereocenters. The highest BCUT2D eigenvalue weighted by Gasteiger charge is 2.15. The van der Waals surface area contributed by atoms with Gasteiger partial charge in [0.05, 0.1) is 6.54 Å². The zero-order valence-electron chi connectivity index (χ0n) is 9.11. The Morgan fingerprint density at radius 1 is 1.41 bits per heavy atom. The normalized spacial score (nSPS) is 11.9. The van der Waals surface area contributed by atoms with E-state index in [9.17, 15) is 9.59 Å². The third-order valence-electron chi connectivity index (χ3n) is 2.05. The van der Waals surface area contributed by atoms with Gasteiger partial charge < -0.3 is 15.5 Å². The van der Waals surface area contributed by atoms with Crippen LogP contribution in [0.5, 0.6) is 0 Å². The molecule has 17 heavy (non-hydrogen) atoms. The molecule has 1 aromatic rings. The smallest absolute Gasteiger partial charge is 0.334 e. The van der Waals surface area contributed by atoms with Crippen molar-refractivity contribution in [3.8, 4) is 0 Å². The van der Waals surface area contributed by atoms with Gasteiger partial charge in [0, 0.05) is 10.6 Å². The van der Waals surface area contributed by atoms with E-state index in [4.69, 9.17) is 21.8 Å². The molecule has 6 heteroatoms. The third-order valence-corrected chi connectivity index (χ3v) is 2.26. The first-order valence-electron chi connectivity index (χ1n) is 4.86. The Balaban J connectivity index is 2.67. The van der Waals surface area contributed by atoms with Gasteiger partial charge in [-0.3, -0.25) is 4.79 Å². The van der Waals surface area contributed by atoms with Gasteiger partial charge in [0.2, 0.25) is 0 Å². The highest BCUT2D eigenvalue weighted by molar-refractivity contribution is 6.31. The van der Waals surface area contributed by atoms with Crippen LogP contribution in [-0.2, 0) is 4.79 Å². The predicted molar refractivity (Wildman–Crippen MR) is 62.2 cm³/mol. The summed E-state index contributed by atoms with van der Waals surface area (Å²) in [4.78, 5) is 21.9. The number of benzene rings is 1. The van der Waals surface area contributed by atoms with E-state index in [0.29, 0.717) is 10.6 Å². The highest BCUT2D eigenvalue weighted by Crippen LogP contribution is 2.14. The predicted octanol–water partition coefficient (Wildman–Crippen LogP) is 0.824. The summed E-state index contributed by atoms with van der Waals surface area (Å²) in [7, 11) is 0. The molecule has 0 aliphatic heterocycles. The van der Waals surface area contributed by atoms with Crippen LogP contribution in [0, 0.1) is 6.92 Å². The van der Waals surface area contributed by atoms with E-state index in [1.54, 1.807) is 19.1 Å². The minimum Gasteiger partial charge on any atom is -0.479 e. The number of carboxylic acids is 1. The van der Waals surface area contributed by atoms with Crippen LogP contribution >= 0.6 is 11.6 Å². The molecule has 0 aromatic heterocycles. The monoisotopic (exact) mass is 257 g/mol. The summed E-state index contributed by atoms with van der Waals surface area (Å²) in [5.74, 6) is -1.86. The van der Waals surface area contributed by atoms with Crippen molar-refractivity contribution in [3.05, 3.63) is 34.3 Å². The lowest BCUT2D eigenvalue weighted by molar-refractivity contribution is -0.146. The summed E-state index contributed by atoms with van der Waals surface area (Å²) in [6.07, 6.45) is -1.61. The number of carbonyl (C=O) groups excluding carboxylic acids is 1. The van der Waals surface area contributed by atoms with Crippen molar-refractivity contribution in [2.24, 2.45) is 0 Å². The SMILES string of the molecule is Cc1cc(Cl)cc(C(=O)NC[C@H](O)C(=O)O)c1. The first kappa shape index (κ1) is 13.5. The average molecular weight is 258 g/mol. The summed E-state index contributed by atoms with van der Waals surface area (Å²) in [6.45, 7) is 1.44. The number of aliphatic carboxylic acids is 1. The first-order valence-corrected chi connectivity index (χ1v) is 5.24. The average Bonchev–Trinajstić information content (AvgIpc) is 2.23. The van der Waals surface area contributed by atoms with Crippen molar-refractivity contribution in [1.82, 2.24) is 5.32 Å². The molecule has 3 N–H and O–H groups in total. The summed E-state index contributed by atoms with van der Waals surface area (Å²) in [5.41, 5.74) is 1.15. The Morgan fingerprint density at radius 2 is 2.06 bits per heavy atom. The highest BCUT2D eigenvalue weighted by atomic mass is 35.5. The Kier molecular flexibility index (Phi) is 4.48. The number of aryl methyl sites for hydroxylation is 1. The second-order valence-corrected chi connectivity index (χ2v) is 4.02. The summed E-state index contributed by atoms with van der Waals surface area (Å²) >= 11 is 5.78. The van der Waals surface area contributed by atoms with Crippen molar-refractivity contribution in [3.63, 3.8) is 0 Å². The lowest BCUT2D eigenvalue weighted by Gasteiger charge is -2.08. The quantitative estimate of drug-likeness (QED) is 0.745. The summed E-state index contributed by atoms with van der Waals surface area (Å²) in [5, 5.41) is 20.2. The van der Waals surface area contributed by atoms with Gasteiger partial charge in [-0.1, -0.05) is 11.6 Å². The largest absolute Gasteiger partial charge is 0.479 e. The molecule has 0 aliphatic rings. The van der Waals surface area contributed by atoms with E-state index < -0.39 is 18.0 Å². The molecule has 0 aliphatic carbocycles. The number of aliphatic hydroxyl groups is 1. The zero-order valence-corrected chi connectivity index (χ0v) is 9.86. The molecule has 0 unspecified atom stereocenters. The van der Waals surface area contributed by atoms with E-state index in [2.05, 4.69) is 5.32 Å². The van der Waals surface area contributed by atoms with Crippen LogP contribution < -0.4 is 5.32 Å². The Hall–Kier alpha value is -1.59. The molecular weight excluding hydrogens is 246 g/mol. The Bertz CT molecular complexity index is 427. The molecule has 0 saturated heterocycles. The van der Waals surface area contributed by atoms with Crippen LogP contribution in [0.2, 0.25) is 5.02 Å². The van der Waals surface area contributed by atoms with Crippen LogP contribution in [-0.4, -0.2) is 34.7 Å². The first-order chi connectivity index (χ1) is 7.90. The summed E-state index contributed by atoms with van der Waals surface area (Å²) < 4.78 is 0. The van der Waals surface area contributed by atoms with Gasteiger partial charge in [0.25, 0.3) is 5.91 Å². The van der Waals surface area contributed by atoms with Crippen molar-refractivity contribution in [2.75, 3.05) is 6.54 Å². The minimum absolute atomic E-state index is 0.326. The van der Waals surface area contributed by atoms with Gasteiger partial charge in [-0.15, -0.1) is 0 Å². The zero-order chi connectivity index (χ0) is 13.0. The Morgan fingerprint density at radius 3 is 2.59 bits per heavy atom. The lowest BCUT2D eigenvalue weighted by atomic mass is 10.1. The van der Waals surface area contributed by atoms with Crippen LogP contribution in [0.25, 0.3) is 0 Å². The number of hydrogen-bond donors (Lipinski definition) is 3. The fourth-order valence-corrected chi connectivity index (χ4v) is 1.54. The number of aliphatic hydroxyl groups excluding tert-OH is 1. The van der Waals surface area contributed by atoms with Crippen molar-refractivity contribution in [1.29, 1.82) is 0 Å². The molecule has 0 bridgehead atoms. The number of nitrogens with one attached hydrogen (secondary N) is 1. The molecule has 1 amide bonds. The maximum atomic E-state index is 11.6. The van der Waals surface area contributed by atoms with Crippen molar-refractivity contribution >= 4 is 23.5 Å². The molecule has 0 spiro atoms. The number of carboxylic acid groups (broad SMARTS) is 1. The van der Waals surface area contributed by atoms with E-state index in [-0.39, 0.29) is 6.54 Å². The number of rotatable bonds is 4. The van der Waals surface area contributed by atoms with Crippen LogP contribution in [0.3, 0.4) is 0 Å². The van der Waals surface area contributed by atoms with E-state index in [1.165, 1.54) is 6.07 Å². The van der Waals surface area contributed by atoms with Gasteiger partial charge in [-0.25, -0.2) is 4.79 Å². The number of carbonyl (C=O) groups is 2. The second kappa shape index (κ2) is 5.65. The van der Waals surface area contributed by atoms with Crippen molar-refractivity contribution in [2.45, 2.75) is 13.0 Å². The fraction of sp³-hybridized carbons (Fsp3) is 0.273. The van der Waals surface area contributed by atoms with Crippen molar-refractivity contribution < 1.29 is 19.8 Å². The van der Waals surface area contributed by atoms with Gasteiger partial charge in [0.15, 0.2) is 6.10 Å².